The zero-order valence-corrected chi connectivity index (χ0v) is 17.9. The maximum Gasteiger partial charge on any atom is 0.184 e. The van der Waals surface area contributed by atoms with Crippen LogP contribution in [0.15, 0.2) is 79.0 Å². The van der Waals surface area contributed by atoms with Crippen molar-refractivity contribution in [3.8, 4) is 6.07 Å². The van der Waals surface area contributed by atoms with Gasteiger partial charge in [-0.1, -0.05) is 66.7 Å². The number of rotatable bonds is 5. The molecule has 1 aromatic heterocycles. The molecule has 2 saturated heterocycles. The Labute approximate surface area is 192 Å². The van der Waals surface area contributed by atoms with Crippen LogP contribution in [-0.4, -0.2) is 41.1 Å². The first-order valence-electron chi connectivity index (χ1n) is 10.9. The molecule has 6 atom stereocenters. The maximum absolute atomic E-state index is 10.2. The Balaban J connectivity index is 1.49. The normalized spacial score (nSPS) is 29.1. The molecule has 2 unspecified atom stereocenters. The lowest BCUT2D eigenvalue weighted by Crippen LogP contribution is -2.59. The van der Waals surface area contributed by atoms with Gasteiger partial charge in [0.05, 0.1) is 12.7 Å². The van der Waals surface area contributed by atoms with Crippen LogP contribution in [0, 0.1) is 11.3 Å². The molecule has 2 aliphatic rings. The fourth-order valence-corrected chi connectivity index (χ4v) is 4.34. The number of hydrogen-bond acceptors (Lipinski definition) is 7. The number of nitrogens with zero attached hydrogens (tertiary/aromatic N) is 2. The molecule has 0 saturated carbocycles. The second-order valence-electron chi connectivity index (χ2n) is 8.05. The molecule has 3 heterocycles. The molecule has 7 heteroatoms. The molecule has 168 valence electrons. The van der Waals surface area contributed by atoms with Crippen molar-refractivity contribution in [2.24, 2.45) is 0 Å². The lowest BCUT2D eigenvalue weighted by molar-refractivity contribution is -0.384. The minimum atomic E-state index is -0.670. The fraction of sp³-hybridized carbons (Fsp3) is 0.308. The molecule has 0 bridgehead atoms. The summed E-state index contributed by atoms with van der Waals surface area (Å²) in [4.78, 5) is 4.18. The summed E-state index contributed by atoms with van der Waals surface area (Å²) in [6.07, 6.45) is -1.45. The fourth-order valence-electron chi connectivity index (χ4n) is 4.34. The monoisotopic (exact) mass is 444 g/mol. The van der Waals surface area contributed by atoms with Crippen LogP contribution in [-0.2, 0) is 25.4 Å². The minimum Gasteiger partial charge on any atom is -0.394 e. The molecule has 0 amide bonds. The molecular formula is C26H24N2O5. The minimum absolute atomic E-state index is 0.224. The van der Waals surface area contributed by atoms with Crippen LogP contribution in [0.3, 0.4) is 0 Å². The predicted octanol–water partition coefficient (Wildman–Crippen LogP) is 3.45. The van der Waals surface area contributed by atoms with Gasteiger partial charge >= 0.3 is 0 Å². The Morgan fingerprint density at radius 1 is 0.758 bits per heavy atom. The molecule has 2 fully saturated rings. The summed E-state index contributed by atoms with van der Waals surface area (Å²) in [5.41, 5.74) is 2.82. The summed E-state index contributed by atoms with van der Waals surface area (Å²) < 4.78 is 25.1. The Hall–Kier alpha value is -3.12. The molecule has 2 aromatic carbocycles. The Bertz CT molecular complexity index is 1100. The first kappa shape index (κ1) is 21.7. The summed E-state index contributed by atoms with van der Waals surface area (Å²) >= 11 is 0. The van der Waals surface area contributed by atoms with Crippen molar-refractivity contribution in [2.45, 2.75) is 43.4 Å². The van der Waals surface area contributed by atoms with E-state index in [1.807, 2.05) is 66.7 Å². The number of aromatic nitrogens is 1. The Morgan fingerprint density at radius 3 is 1.91 bits per heavy atom. The average Bonchev–Trinajstić information content (AvgIpc) is 2.89. The molecular weight excluding hydrogens is 420 g/mol. The van der Waals surface area contributed by atoms with Gasteiger partial charge in [0.15, 0.2) is 12.6 Å². The van der Waals surface area contributed by atoms with E-state index in [0.717, 1.165) is 16.7 Å². The lowest BCUT2D eigenvalue weighted by Gasteiger charge is -2.49. The second kappa shape index (κ2) is 9.79. The van der Waals surface area contributed by atoms with E-state index in [2.05, 4.69) is 11.1 Å². The van der Waals surface area contributed by atoms with Crippen LogP contribution in [0.25, 0.3) is 0 Å². The smallest absolute Gasteiger partial charge is 0.184 e. The lowest BCUT2D eigenvalue weighted by atomic mass is 9.93. The van der Waals surface area contributed by atoms with E-state index in [9.17, 15) is 10.4 Å². The number of aliphatic hydroxyl groups is 1. The van der Waals surface area contributed by atoms with Crippen molar-refractivity contribution in [1.29, 1.82) is 5.26 Å². The van der Waals surface area contributed by atoms with Gasteiger partial charge in [0, 0.05) is 23.7 Å². The van der Waals surface area contributed by atoms with Gasteiger partial charge in [0.1, 0.15) is 30.1 Å². The first-order valence-corrected chi connectivity index (χ1v) is 10.9. The molecule has 1 N–H and O–H groups in total. The van der Waals surface area contributed by atoms with E-state index in [1.165, 1.54) is 0 Å². The van der Waals surface area contributed by atoms with Crippen LogP contribution in [0.2, 0.25) is 0 Å². The van der Waals surface area contributed by atoms with Gasteiger partial charge in [-0.15, -0.1) is 0 Å². The zero-order chi connectivity index (χ0) is 22.6. The molecule has 5 rings (SSSR count). The van der Waals surface area contributed by atoms with E-state index in [0.29, 0.717) is 12.1 Å². The van der Waals surface area contributed by atoms with Crippen LogP contribution in [0.4, 0.5) is 0 Å². The molecule has 0 radical (unpaired) electrons. The molecule has 2 aliphatic heterocycles. The summed E-state index contributed by atoms with van der Waals surface area (Å²) in [7, 11) is 0. The predicted molar refractivity (Wildman–Crippen MR) is 118 cm³/mol. The molecule has 0 spiro atoms. The number of hydrogen-bond donors (Lipinski definition) is 1. The highest BCUT2D eigenvalue weighted by molar-refractivity contribution is 5.31. The van der Waals surface area contributed by atoms with Gasteiger partial charge in [0.25, 0.3) is 0 Å². The standard InChI is InChI=1S/C26H24N2O5/c27-15-20-19(12-7-13-28-20)14-21-23-24(33-25(30-21)17-8-3-1-4-9-17)22(16-29)31-26(32-23)18-10-5-2-6-11-18/h1-13,21-26,29H,14,16H2/t21-,22-,23+,24-,25?,26?/m1/s1. The highest BCUT2D eigenvalue weighted by Crippen LogP contribution is 2.41. The quantitative estimate of drug-likeness (QED) is 0.644. The van der Waals surface area contributed by atoms with Gasteiger partial charge in [-0.25, -0.2) is 4.98 Å². The van der Waals surface area contributed by atoms with E-state index in [-0.39, 0.29) is 6.61 Å². The maximum atomic E-state index is 10.2. The van der Waals surface area contributed by atoms with Crippen LogP contribution in [0.5, 0.6) is 0 Å². The summed E-state index contributed by atoms with van der Waals surface area (Å²) in [5, 5.41) is 19.7. The largest absolute Gasteiger partial charge is 0.394 e. The van der Waals surface area contributed by atoms with E-state index in [1.54, 1.807) is 12.3 Å². The van der Waals surface area contributed by atoms with Crippen molar-refractivity contribution >= 4 is 0 Å². The Morgan fingerprint density at radius 2 is 1.33 bits per heavy atom. The van der Waals surface area contributed by atoms with Crippen molar-refractivity contribution in [3.63, 3.8) is 0 Å². The van der Waals surface area contributed by atoms with Crippen LogP contribution < -0.4 is 0 Å². The average molecular weight is 444 g/mol. The van der Waals surface area contributed by atoms with E-state index in [4.69, 9.17) is 18.9 Å². The Kier molecular flexibility index (Phi) is 6.44. The summed E-state index contributed by atoms with van der Waals surface area (Å²) in [5.74, 6) is 0. The number of benzene rings is 2. The third kappa shape index (κ3) is 4.53. The molecule has 0 aliphatic carbocycles. The molecule has 3 aromatic rings. The SMILES string of the molecule is N#Cc1ncccc1C[C@H]1OC(c2ccccc2)O[C@H]2[C@H]1OC(c1ccccc1)O[C@@H]2CO. The first-order chi connectivity index (χ1) is 16.3. The molecule has 7 nitrogen and oxygen atoms in total. The van der Waals surface area contributed by atoms with Gasteiger partial charge in [-0.3, -0.25) is 0 Å². The van der Waals surface area contributed by atoms with Crippen molar-refractivity contribution in [2.75, 3.05) is 6.61 Å². The van der Waals surface area contributed by atoms with Gasteiger partial charge in [0.2, 0.25) is 0 Å². The summed E-state index contributed by atoms with van der Waals surface area (Å²) in [6, 6.07) is 25.0. The third-order valence-corrected chi connectivity index (χ3v) is 5.96. The summed E-state index contributed by atoms with van der Waals surface area (Å²) in [6.45, 7) is -0.224. The van der Waals surface area contributed by atoms with Gasteiger partial charge in [-0.2, -0.15) is 5.26 Å². The van der Waals surface area contributed by atoms with Gasteiger partial charge < -0.3 is 24.1 Å². The highest BCUT2D eigenvalue weighted by Gasteiger charge is 2.50. The number of nitriles is 1. The van der Waals surface area contributed by atoms with E-state index >= 15 is 0 Å². The van der Waals surface area contributed by atoms with E-state index < -0.39 is 37.0 Å². The second-order valence-corrected chi connectivity index (χ2v) is 8.05. The van der Waals surface area contributed by atoms with Crippen molar-refractivity contribution in [1.82, 2.24) is 4.98 Å². The van der Waals surface area contributed by atoms with Crippen LogP contribution in [0.1, 0.15) is 35.0 Å². The van der Waals surface area contributed by atoms with Gasteiger partial charge in [-0.05, 0) is 11.6 Å². The zero-order valence-electron chi connectivity index (χ0n) is 17.9. The van der Waals surface area contributed by atoms with Crippen molar-refractivity contribution in [3.05, 3.63) is 101 Å². The number of ether oxygens (including phenoxy) is 4. The topological polar surface area (TPSA) is 93.8 Å². The molecule has 33 heavy (non-hydrogen) atoms. The third-order valence-electron chi connectivity index (χ3n) is 5.96. The number of aliphatic hydroxyl groups excluding tert-OH is 1. The van der Waals surface area contributed by atoms with Crippen LogP contribution >= 0.6 is 0 Å². The highest BCUT2D eigenvalue weighted by atomic mass is 16.8. The van der Waals surface area contributed by atoms with Crippen molar-refractivity contribution < 1.29 is 24.1 Å². The number of fused-ring (bicyclic) bond motifs is 1. The number of pyridine rings is 1.